The molecule has 0 saturated heterocycles. The Morgan fingerprint density at radius 1 is 1.29 bits per heavy atom. The summed E-state index contributed by atoms with van der Waals surface area (Å²) in [6.07, 6.45) is 6.18. The van der Waals surface area contributed by atoms with Crippen LogP contribution in [0.4, 0.5) is 0 Å². The summed E-state index contributed by atoms with van der Waals surface area (Å²) in [4.78, 5) is 0. The van der Waals surface area contributed by atoms with Crippen molar-refractivity contribution in [2.24, 2.45) is 5.73 Å². The molecule has 1 fully saturated rings. The van der Waals surface area contributed by atoms with Gasteiger partial charge in [0.05, 0.1) is 5.69 Å². The first-order chi connectivity index (χ1) is 10.2. The second-order valence-electron chi connectivity index (χ2n) is 5.85. The lowest BCUT2D eigenvalue weighted by Crippen LogP contribution is -2.38. The predicted octanol–water partition coefficient (Wildman–Crippen LogP) is 1.58. The highest BCUT2D eigenvalue weighted by molar-refractivity contribution is 5.35. The number of aromatic nitrogens is 4. The van der Waals surface area contributed by atoms with Gasteiger partial charge in [-0.15, -0.1) is 5.10 Å². The fourth-order valence-corrected chi connectivity index (χ4v) is 2.95. The van der Waals surface area contributed by atoms with Crippen LogP contribution < -0.4 is 11.1 Å². The van der Waals surface area contributed by atoms with Gasteiger partial charge < -0.3 is 11.1 Å². The third kappa shape index (κ3) is 3.46. The SMILES string of the molecule is CC(NC1CCC(N)CC1)c1cccc(-n2cnnn2)c1. The molecule has 1 aliphatic carbocycles. The minimum absolute atomic E-state index is 0.306. The molecule has 1 aromatic carbocycles. The van der Waals surface area contributed by atoms with Crippen LogP contribution in [0.3, 0.4) is 0 Å². The maximum absolute atomic E-state index is 5.96. The average Bonchev–Trinajstić information content (AvgIpc) is 3.04. The van der Waals surface area contributed by atoms with Gasteiger partial charge in [-0.25, -0.2) is 4.68 Å². The lowest BCUT2D eigenvalue weighted by Gasteiger charge is -2.29. The summed E-state index contributed by atoms with van der Waals surface area (Å²) in [6, 6.07) is 9.58. The molecular formula is C15H22N6. The molecule has 0 amide bonds. The van der Waals surface area contributed by atoms with E-state index < -0.39 is 0 Å². The van der Waals surface area contributed by atoms with Crippen LogP contribution in [0.5, 0.6) is 0 Å². The fourth-order valence-electron chi connectivity index (χ4n) is 2.95. The van der Waals surface area contributed by atoms with Crippen LogP contribution in [0.25, 0.3) is 5.69 Å². The summed E-state index contributed by atoms with van der Waals surface area (Å²) in [5.74, 6) is 0. The van der Waals surface area contributed by atoms with Crippen LogP contribution in [-0.2, 0) is 0 Å². The summed E-state index contributed by atoms with van der Waals surface area (Å²) in [5, 5.41) is 15.0. The molecule has 0 spiro atoms. The largest absolute Gasteiger partial charge is 0.328 e. The highest BCUT2D eigenvalue weighted by Gasteiger charge is 2.20. The first-order valence-electron chi connectivity index (χ1n) is 7.57. The van der Waals surface area contributed by atoms with Gasteiger partial charge in [-0.05, 0) is 60.7 Å². The first kappa shape index (κ1) is 14.2. The average molecular weight is 286 g/mol. The minimum Gasteiger partial charge on any atom is -0.328 e. The topological polar surface area (TPSA) is 81.6 Å². The van der Waals surface area contributed by atoms with Crippen LogP contribution in [0.2, 0.25) is 0 Å². The number of nitrogens with one attached hydrogen (secondary N) is 1. The van der Waals surface area contributed by atoms with E-state index in [9.17, 15) is 0 Å². The lowest BCUT2D eigenvalue weighted by atomic mass is 9.91. The normalized spacial score (nSPS) is 23.9. The van der Waals surface area contributed by atoms with Crippen LogP contribution in [0.1, 0.15) is 44.2 Å². The zero-order valence-corrected chi connectivity index (χ0v) is 12.3. The zero-order valence-electron chi connectivity index (χ0n) is 12.3. The summed E-state index contributed by atoms with van der Waals surface area (Å²) in [7, 11) is 0. The number of hydrogen-bond acceptors (Lipinski definition) is 5. The van der Waals surface area contributed by atoms with Crippen molar-refractivity contribution >= 4 is 0 Å². The molecule has 1 atom stereocenters. The smallest absolute Gasteiger partial charge is 0.143 e. The van der Waals surface area contributed by atoms with Gasteiger partial charge >= 0.3 is 0 Å². The fraction of sp³-hybridized carbons (Fsp3) is 0.533. The molecular weight excluding hydrogens is 264 g/mol. The molecule has 112 valence electrons. The van der Waals surface area contributed by atoms with Crippen molar-refractivity contribution in [2.45, 2.75) is 50.7 Å². The molecule has 3 rings (SSSR count). The predicted molar refractivity (Wildman–Crippen MR) is 80.9 cm³/mol. The Morgan fingerprint density at radius 2 is 2.10 bits per heavy atom. The number of hydrogen-bond donors (Lipinski definition) is 2. The van der Waals surface area contributed by atoms with Crippen molar-refractivity contribution in [2.75, 3.05) is 0 Å². The Hall–Kier alpha value is -1.79. The van der Waals surface area contributed by atoms with Crippen LogP contribution in [0, 0.1) is 0 Å². The molecule has 2 aromatic rings. The molecule has 3 N–H and O–H groups in total. The van der Waals surface area contributed by atoms with Crippen molar-refractivity contribution in [1.29, 1.82) is 0 Å². The molecule has 6 nitrogen and oxygen atoms in total. The van der Waals surface area contributed by atoms with Gasteiger partial charge in [0.1, 0.15) is 6.33 Å². The maximum atomic E-state index is 5.96. The van der Waals surface area contributed by atoms with E-state index in [1.165, 1.54) is 5.56 Å². The molecule has 0 aliphatic heterocycles. The molecule has 1 saturated carbocycles. The highest BCUT2D eigenvalue weighted by atomic mass is 15.5. The molecule has 1 heterocycles. The van der Waals surface area contributed by atoms with Crippen LogP contribution in [0.15, 0.2) is 30.6 Å². The maximum Gasteiger partial charge on any atom is 0.143 e. The van der Waals surface area contributed by atoms with E-state index in [-0.39, 0.29) is 0 Å². The molecule has 1 aromatic heterocycles. The van der Waals surface area contributed by atoms with E-state index in [0.29, 0.717) is 18.1 Å². The first-order valence-corrected chi connectivity index (χ1v) is 7.57. The van der Waals surface area contributed by atoms with E-state index in [1.807, 2.05) is 12.1 Å². The summed E-state index contributed by atoms with van der Waals surface area (Å²) in [5.41, 5.74) is 8.19. The molecule has 0 radical (unpaired) electrons. The monoisotopic (exact) mass is 286 g/mol. The lowest BCUT2D eigenvalue weighted by molar-refractivity contribution is 0.322. The molecule has 6 heteroatoms. The van der Waals surface area contributed by atoms with Gasteiger partial charge in [-0.2, -0.15) is 0 Å². The van der Waals surface area contributed by atoms with E-state index >= 15 is 0 Å². The van der Waals surface area contributed by atoms with E-state index in [1.54, 1.807) is 11.0 Å². The molecule has 1 unspecified atom stereocenters. The third-order valence-electron chi connectivity index (χ3n) is 4.24. The Balaban J connectivity index is 1.67. The van der Waals surface area contributed by atoms with Gasteiger partial charge in [0, 0.05) is 18.1 Å². The highest BCUT2D eigenvalue weighted by Crippen LogP contribution is 2.22. The summed E-state index contributed by atoms with van der Waals surface area (Å²) in [6.45, 7) is 2.20. The number of benzene rings is 1. The zero-order chi connectivity index (χ0) is 14.7. The van der Waals surface area contributed by atoms with Crippen molar-refractivity contribution in [3.05, 3.63) is 36.2 Å². The van der Waals surface area contributed by atoms with Gasteiger partial charge in [0.15, 0.2) is 0 Å². The number of rotatable bonds is 4. The Labute approximate surface area is 124 Å². The number of tetrazole rings is 1. The van der Waals surface area contributed by atoms with Crippen molar-refractivity contribution in [1.82, 2.24) is 25.5 Å². The van der Waals surface area contributed by atoms with Crippen molar-refractivity contribution < 1.29 is 0 Å². The van der Waals surface area contributed by atoms with E-state index in [2.05, 4.69) is 39.9 Å². The van der Waals surface area contributed by atoms with E-state index in [4.69, 9.17) is 5.73 Å². The Kier molecular flexibility index (Phi) is 4.26. The number of nitrogens with two attached hydrogens (primary N) is 1. The van der Waals surface area contributed by atoms with Gasteiger partial charge in [0.2, 0.25) is 0 Å². The van der Waals surface area contributed by atoms with Crippen molar-refractivity contribution in [3.63, 3.8) is 0 Å². The van der Waals surface area contributed by atoms with E-state index in [0.717, 1.165) is 31.4 Å². The third-order valence-corrected chi connectivity index (χ3v) is 4.24. The summed E-state index contributed by atoms with van der Waals surface area (Å²) >= 11 is 0. The molecule has 0 bridgehead atoms. The molecule has 21 heavy (non-hydrogen) atoms. The van der Waals surface area contributed by atoms with Crippen molar-refractivity contribution in [3.8, 4) is 5.69 Å². The van der Waals surface area contributed by atoms with Gasteiger partial charge in [0.25, 0.3) is 0 Å². The second-order valence-corrected chi connectivity index (χ2v) is 5.85. The van der Waals surface area contributed by atoms with Crippen LogP contribution >= 0.6 is 0 Å². The number of nitrogens with zero attached hydrogens (tertiary/aromatic N) is 4. The van der Waals surface area contributed by atoms with Gasteiger partial charge in [-0.3, -0.25) is 0 Å². The summed E-state index contributed by atoms with van der Waals surface area (Å²) < 4.78 is 1.68. The van der Waals surface area contributed by atoms with Crippen LogP contribution in [-0.4, -0.2) is 32.3 Å². The quantitative estimate of drug-likeness (QED) is 0.892. The Morgan fingerprint density at radius 3 is 2.81 bits per heavy atom. The Bertz CT molecular complexity index is 559. The standard InChI is InChI=1S/C15H22N6/c1-11(18-14-7-5-13(16)6-8-14)12-3-2-4-15(9-12)21-10-17-19-20-21/h2-4,9-11,13-14,18H,5-8,16H2,1H3. The molecule has 1 aliphatic rings. The minimum atomic E-state index is 0.306. The van der Waals surface area contributed by atoms with Gasteiger partial charge in [-0.1, -0.05) is 12.1 Å². The second kappa shape index (κ2) is 6.32.